The van der Waals surface area contributed by atoms with Gasteiger partial charge in [-0.25, -0.2) is 0 Å². The summed E-state index contributed by atoms with van der Waals surface area (Å²) >= 11 is 0. The molecule has 0 unspecified atom stereocenters. The summed E-state index contributed by atoms with van der Waals surface area (Å²) in [6.07, 6.45) is 2.50. The maximum atomic E-state index is 14.3. The minimum atomic E-state index is -0.601. The van der Waals surface area contributed by atoms with Crippen LogP contribution in [-0.4, -0.2) is 68.6 Å². The van der Waals surface area contributed by atoms with Crippen molar-refractivity contribution in [2.24, 2.45) is 0 Å². The van der Waals surface area contributed by atoms with Crippen LogP contribution in [0.15, 0.2) is 66.7 Å². The predicted molar refractivity (Wildman–Crippen MR) is 162 cm³/mol. The highest BCUT2D eigenvalue weighted by molar-refractivity contribution is 6.01. The number of fused-ring (bicyclic) bond motifs is 1. The largest absolute Gasteiger partial charge is 0.493 e. The van der Waals surface area contributed by atoms with Gasteiger partial charge in [0.05, 0.1) is 33.3 Å². The zero-order valence-corrected chi connectivity index (χ0v) is 25.0. The third-order valence-corrected chi connectivity index (χ3v) is 8.40. The van der Waals surface area contributed by atoms with Crippen molar-refractivity contribution in [1.82, 2.24) is 15.1 Å². The van der Waals surface area contributed by atoms with E-state index in [4.69, 9.17) is 14.2 Å². The van der Waals surface area contributed by atoms with E-state index in [-0.39, 0.29) is 17.9 Å². The lowest BCUT2D eigenvalue weighted by atomic mass is 9.78. The van der Waals surface area contributed by atoms with Gasteiger partial charge in [0.15, 0.2) is 11.5 Å². The van der Waals surface area contributed by atoms with Crippen molar-refractivity contribution >= 4 is 11.8 Å². The SMILES string of the molecule is CCCN1C(=O)c2ccccc2[C@@H](C(=O)NC2CCN(Cc3ccccc3)CC2)[C@H]1c1cc(OC)c(OC)c(OC)c1. The second kappa shape index (κ2) is 13.3. The standard InChI is InChI=1S/C34H41N3O5/c1-5-17-37-31(24-20-28(40-2)32(42-4)29(21-24)41-3)30(26-13-9-10-14-27(26)34(37)39)33(38)35-25-15-18-36(19-16-25)22-23-11-7-6-8-12-23/h6-14,20-21,25,30-31H,5,15-19,22H2,1-4H3,(H,35,38)/t30-,31-/m1/s1. The van der Waals surface area contributed by atoms with Gasteiger partial charge in [0.25, 0.3) is 5.91 Å². The lowest BCUT2D eigenvalue weighted by Crippen LogP contribution is -2.51. The molecule has 1 fully saturated rings. The normalized spacial score (nSPS) is 19.2. The Kier molecular flexibility index (Phi) is 9.32. The minimum Gasteiger partial charge on any atom is -0.493 e. The Labute approximate surface area is 248 Å². The molecule has 0 aromatic heterocycles. The number of methoxy groups -OCH3 is 3. The monoisotopic (exact) mass is 571 g/mol. The third-order valence-electron chi connectivity index (χ3n) is 8.40. The first kappa shape index (κ1) is 29.5. The number of piperidine rings is 1. The van der Waals surface area contributed by atoms with Crippen LogP contribution in [0.4, 0.5) is 0 Å². The molecule has 42 heavy (non-hydrogen) atoms. The first-order valence-electron chi connectivity index (χ1n) is 14.8. The smallest absolute Gasteiger partial charge is 0.254 e. The Bertz CT molecular complexity index is 1360. The summed E-state index contributed by atoms with van der Waals surface area (Å²) in [7, 11) is 4.70. The molecule has 2 aliphatic heterocycles. The molecule has 1 N–H and O–H groups in total. The number of hydrogen-bond donors (Lipinski definition) is 1. The van der Waals surface area contributed by atoms with Crippen LogP contribution in [0.1, 0.15) is 65.2 Å². The van der Waals surface area contributed by atoms with Crippen molar-refractivity contribution in [3.63, 3.8) is 0 Å². The van der Waals surface area contributed by atoms with Gasteiger partial charge >= 0.3 is 0 Å². The highest BCUT2D eigenvalue weighted by Gasteiger charge is 2.45. The molecule has 0 spiro atoms. The summed E-state index contributed by atoms with van der Waals surface area (Å²) in [6, 6.07) is 21.2. The van der Waals surface area contributed by atoms with Gasteiger partial charge in [-0.1, -0.05) is 55.5 Å². The number of benzene rings is 3. The van der Waals surface area contributed by atoms with Crippen LogP contribution in [0.3, 0.4) is 0 Å². The Morgan fingerprint density at radius 2 is 1.55 bits per heavy atom. The number of nitrogens with one attached hydrogen (secondary N) is 1. The molecule has 0 bridgehead atoms. The van der Waals surface area contributed by atoms with E-state index in [2.05, 4.69) is 34.5 Å². The van der Waals surface area contributed by atoms with Crippen molar-refractivity contribution in [2.75, 3.05) is 41.0 Å². The van der Waals surface area contributed by atoms with Crippen LogP contribution in [0.5, 0.6) is 17.2 Å². The predicted octanol–water partition coefficient (Wildman–Crippen LogP) is 5.18. The van der Waals surface area contributed by atoms with Crippen LogP contribution >= 0.6 is 0 Å². The molecule has 2 atom stereocenters. The van der Waals surface area contributed by atoms with E-state index in [1.165, 1.54) is 5.56 Å². The van der Waals surface area contributed by atoms with E-state index in [0.29, 0.717) is 29.4 Å². The number of likely N-dealkylation sites (tertiary alicyclic amines) is 1. The second-order valence-electron chi connectivity index (χ2n) is 11.0. The third kappa shape index (κ3) is 5.95. The summed E-state index contributed by atoms with van der Waals surface area (Å²) in [5, 5.41) is 3.38. The van der Waals surface area contributed by atoms with Crippen molar-refractivity contribution in [3.8, 4) is 17.2 Å². The van der Waals surface area contributed by atoms with Crippen LogP contribution < -0.4 is 19.5 Å². The lowest BCUT2D eigenvalue weighted by molar-refractivity contribution is -0.125. The first-order valence-corrected chi connectivity index (χ1v) is 14.8. The highest BCUT2D eigenvalue weighted by Crippen LogP contribution is 2.47. The zero-order chi connectivity index (χ0) is 29.6. The fourth-order valence-corrected chi connectivity index (χ4v) is 6.37. The summed E-state index contributed by atoms with van der Waals surface area (Å²) in [5.41, 5.74) is 3.38. The molecule has 222 valence electrons. The van der Waals surface area contributed by atoms with Crippen LogP contribution in [0, 0.1) is 0 Å². The van der Waals surface area contributed by atoms with E-state index < -0.39 is 12.0 Å². The minimum absolute atomic E-state index is 0.0644. The average Bonchev–Trinajstić information content (AvgIpc) is 3.02. The Morgan fingerprint density at radius 3 is 2.17 bits per heavy atom. The van der Waals surface area contributed by atoms with Gasteiger partial charge in [-0.05, 0) is 54.2 Å². The molecule has 0 aliphatic carbocycles. The van der Waals surface area contributed by atoms with Gasteiger partial charge in [0.1, 0.15) is 0 Å². The van der Waals surface area contributed by atoms with Gasteiger partial charge in [0.2, 0.25) is 11.7 Å². The van der Waals surface area contributed by atoms with Crippen molar-refractivity contribution in [3.05, 3.63) is 89.0 Å². The molecular weight excluding hydrogens is 530 g/mol. The zero-order valence-electron chi connectivity index (χ0n) is 25.0. The highest BCUT2D eigenvalue weighted by atomic mass is 16.5. The fraction of sp³-hybridized carbons (Fsp3) is 0.412. The van der Waals surface area contributed by atoms with Crippen molar-refractivity contribution in [1.29, 1.82) is 0 Å². The van der Waals surface area contributed by atoms with Gasteiger partial charge in [0, 0.05) is 37.8 Å². The molecule has 2 heterocycles. The molecule has 2 aliphatic rings. The number of carbonyl (C=O) groups is 2. The van der Waals surface area contributed by atoms with Gasteiger partial charge < -0.3 is 24.4 Å². The molecule has 5 rings (SSSR count). The molecular formula is C34H41N3O5. The Morgan fingerprint density at radius 1 is 0.905 bits per heavy atom. The Hall–Kier alpha value is -4.04. The number of rotatable bonds is 10. The molecule has 0 saturated carbocycles. The topological polar surface area (TPSA) is 80.3 Å². The van der Waals surface area contributed by atoms with Gasteiger partial charge in [-0.15, -0.1) is 0 Å². The summed E-state index contributed by atoms with van der Waals surface area (Å²) < 4.78 is 16.9. The first-order chi connectivity index (χ1) is 20.5. The molecule has 3 aromatic rings. The average molecular weight is 572 g/mol. The molecule has 0 radical (unpaired) electrons. The molecule has 2 amide bonds. The number of ether oxygens (including phenoxy) is 3. The maximum absolute atomic E-state index is 14.3. The number of hydrogen-bond acceptors (Lipinski definition) is 6. The van der Waals surface area contributed by atoms with E-state index in [0.717, 1.165) is 50.0 Å². The quantitative estimate of drug-likeness (QED) is 0.361. The van der Waals surface area contributed by atoms with Gasteiger partial charge in [-0.2, -0.15) is 0 Å². The summed E-state index contributed by atoms with van der Waals surface area (Å²) in [4.78, 5) is 32.5. The van der Waals surface area contributed by atoms with Crippen LogP contribution in [0.2, 0.25) is 0 Å². The lowest BCUT2D eigenvalue weighted by Gasteiger charge is -2.42. The van der Waals surface area contributed by atoms with Crippen LogP contribution in [-0.2, 0) is 11.3 Å². The fourth-order valence-electron chi connectivity index (χ4n) is 6.37. The second-order valence-corrected chi connectivity index (χ2v) is 11.0. The number of amides is 2. The van der Waals surface area contributed by atoms with Crippen LogP contribution in [0.25, 0.3) is 0 Å². The number of nitrogens with zero attached hydrogens (tertiary/aromatic N) is 2. The van der Waals surface area contributed by atoms with Crippen molar-refractivity contribution in [2.45, 2.75) is 50.7 Å². The summed E-state index contributed by atoms with van der Waals surface area (Å²) in [6.45, 7) is 5.29. The van der Waals surface area contributed by atoms with Gasteiger partial charge in [-0.3, -0.25) is 14.5 Å². The van der Waals surface area contributed by atoms with E-state index in [1.807, 2.05) is 54.3 Å². The molecule has 8 heteroatoms. The molecule has 3 aromatic carbocycles. The van der Waals surface area contributed by atoms with E-state index in [1.54, 1.807) is 21.3 Å². The molecule has 1 saturated heterocycles. The maximum Gasteiger partial charge on any atom is 0.254 e. The van der Waals surface area contributed by atoms with E-state index in [9.17, 15) is 9.59 Å². The summed E-state index contributed by atoms with van der Waals surface area (Å²) in [5.74, 6) is 0.687. The molecule has 8 nitrogen and oxygen atoms in total. The Balaban J connectivity index is 1.46. The van der Waals surface area contributed by atoms with Crippen molar-refractivity contribution < 1.29 is 23.8 Å². The van der Waals surface area contributed by atoms with E-state index >= 15 is 0 Å². The number of carbonyl (C=O) groups excluding carboxylic acids is 2.